The number of halogens is 4. The second-order valence-electron chi connectivity index (χ2n) is 5.35. The van der Waals surface area contributed by atoms with Gasteiger partial charge in [-0.3, -0.25) is 9.52 Å². The van der Waals surface area contributed by atoms with Gasteiger partial charge in [-0.2, -0.15) is 0 Å². The summed E-state index contributed by atoms with van der Waals surface area (Å²) in [5, 5.41) is 0. The second kappa shape index (κ2) is 7.43. The minimum absolute atomic E-state index is 0.0252. The van der Waals surface area contributed by atoms with E-state index >= 15 is 0 Å². The molecule has 0 fully saturated rings. The summed E-state index contributed by atoms with van der Waals surface area (Å²) in [6, 6.07) is 7.91. The molecule has 2 rings (SSSR count). The van der Waals surface area contributed by atoms with Gasteiger partial charge < -0.3 is 9.64 Å². The van der Waals surface area contributed by atoms with E-state index in [2.05, 4.69) is 9.46 Å². The number of nitrogens with one attached hydrogen (secondary N) is 1. The Hall–Kier alpha value is -2.82. The maximum absolute atomic E-state index is 14.2. The molecule has 146 valence electrons. The molecule has 0 radical (unpaired) electrons. The SMILES string of the molecule is CC(=O)N(C)c1ccc(NS(=O)(=O)c2cccc(OC(F)(F)F)c2F)cc1. The van der Waals surface area contributed by atoms with E-state index in [0.717, 1.165) is 12.1 Å². The van der Waals surface area contributed by atoms with Crippen LogP contribution in [0.25, 0.3) is 0 Å². The molecule has 0 heterocycles. The van der Waals surface area contributed by atoms with Gasteiger partial charge in [-0.15, -0.1) is 13.2 Å². The first kappa shape index (κ1) is 20.5. The molecule has 1 N–H and O–H groups in total. The number of hydrogen-bond acceptors (Lipinski definition) is 4. The largest absolute Gasteiger partial charge is 0.573 e. The highest BCUT2D eigenvalue weighted by Crippen LogP contribution is 2.30. The molecule has 2 aromatic rings. The Morgan fingerprint density at radius 3 is 2.22 bits per heavy atom. The van der Waals surface area contributed by atoms with Gasteiger partial charge in [-0.05, 0) is 36.4 Å². The molecule has 0 aliphatic carbocycles. The van der Waals surface area contributed by atoms with Crippen molar-refractivity contribution in [3.63, 3.8) is 0 Å². The third kappa shape index (κ3) is 5.09. The Kier molecular flexibility index (Phi) is 5.64. The predicted molar refractivity (Wildman–Crippen MR) is 89.4 cm³/mol. The molecule has 0 saturated carbocycles. The first-order valence-corrected chi connectivity index (χ1v) is 8.80. The third-order valence-corrected chi connectivity index (χ3v) is 4.82. The van der Waals surface area contributed by atoms with Gasteiger partial charge in [0.1, 0.15) is 4.90 Å². The predicted octanol–water partition coefficient (Wildman–Crippen LogP) is 3.51. The minimum atomic E-state index is -5.17. The molecule has 27 heavy (non-hydrogen) atoms. The number of benzene rings is 2. The van der Waals surface area contributed by atoms with Gasteiger partial charge in [0.05, 0.1) is 0 Å². The van der Waals surface area contributed by atoms with Crippen LogP contribution in [0.2, 0.25) is 0 Å². The zero-order chi connectivity index (χ0) is 20.4. The molecule has 0 unspecified atom stereocenters. The van der Waals surface area contributed by atoms with Crippen LogP contribution in [0.1, 0.15) is 6.92 Å². The maximum atomic E-state index is 14.2. The molecule has 0 spiro atoms. The van der Waals surface area contributed by atoms with E-state index in [9.17, 15) is 30.8 Å². The zero-order valence-electron chi connectivity index (χ0n) is 14.0. The summed E-state index contributed by atoms with van der Waals surface area (Å²) in [4.78, 5) is 11.6. The van der Waals surface area contributed by atoms with Crippen LogP contribution < -0.4 is 14.4 Å². The monoisotopic (exact) mass is 406 g/mol. The Morgan fingerprint density at radius 1 is 1.11 bits per heavy atom. The lowest BCUT2D eigenvalue weighted by Crippen LogP contribution is -2.22. The number of anilines is 2. The fourth-order valence-electron chi connectivity index (χ4n) is 2.05. The number of amides is 1. The van der Waals surface area contributed by atoms with Crippen molar-refractivity contribution >= 4 is 27.3 Å². The van der Waals surface area contributed by atoms with Gasteiger partial charge in [-0.25, -0.2) is 12.8 Å². The number of hydrogen-bond donors (Lipinski definition) is 1. The Morgan fingerprint density at radius 2 is 1.70 bits per heavy atom. The number of ether oxygens (including phenoxy) is 1. The summed E-state index contributed by atoms with van der Waals surface area (Å²) in [5.74, 6) is -3.18. The van der Waals surface area contributed by atoms with Crippen LogP contribution in [0.5, 0.6) is 5.75 Å². The summed E-state index contributed by atoms with van der Waals surface area (Å²) < 4.78 is 81.2. The highest BCUT2D eigenvalue weighted by atomic mass is 32.2. The number of alkyl halides is 3. The Labute approximate surface area is 152 Å². The van der Waals surface area contributed by atoms with E-state index < -0.39 is 32.8 Å². The van der Waals surface area contributed by atoms with E-state index in [4.69, 9.17) is 0 Å². The molecule has 11 heteroatoms. The molecular weight excluding hydrogens is 392 g/mol. The van der Waals surface area contributed by atoms with Crippen molar-refractivity contribution in [3.8, 4) is 5.75 Å². The van der Waals surface area contributed by atoms with Crippen molar-refractivity contribution in [1.82, 2.24) is 0 Å². The van der Waals surface area contributed by atoms with Crippen LogP contribution in [0, 0.1) is 5.82 Å². The summed E-state index contributed by atoms with van der Waals surface area (Å²) in [7, 11) is -3.01. The van der Waals surface area contributed by atoms with Crippen molar-refractivity contribution in [3.05, 3.63) is 48.3 Å². The molecule has 0 atom stereocenters. The quantitative estimate of drug-likeness (QED) is 0.772. The third-order valence-electron chi connectivity index (χ3n) is 3.42. The molecule has 2 aromatic carbocycles. The van der Waals surface area contributed by atoms with Crippen LogP contribution in [-0.2, 0) is 14.8 Å². The van der Waals surface area contributed by atoms with Crippen LogP contribution in [0.3, 0.4) is 0 Å². The van der Waals surface area contributed by atoms with Crippen molar-refractivity contribution in [2.75, 3.05) is 16.7 Å². The lowest BCUT2D eigenvalue weighted by atomic mass is 10.2. The fraction of sp³-hybridized carbons (Fsp3) is 0.188. The lowest BCUT2D eigenvalue weighted by molar-refractivity contribution is -0.275. The Balaban J connectivity index is 2.29. The summed E-state index contributed by atoms with van der Waals surface area (Å²) >= 11 is 0. The van der Waals surface area contributed by atoms with E-state index in [-0.39, 0.29) is 11.6 Å². The minimum Gasteiger partial charge on any atom is -0.403 e. The molecule has 0 aromatic heterocycles. The average molecular weight is 406 g/mol. The summed E-state index contributed by atoms with van der Waals surface area (Å²) in [6.45, 7) is 1.34. The fourth-order valence-corrected chi connectivity index (χ4v) is 3.20. The van der Waals surface area contributed by atoms with E-state index in [1.807, 2.05) is 0 Å². The van der Waals surface area contributed by atoms with E-state index in [1.54, 1.807) is 0 Å². The topological polar surface area (TPSA) is 75.7 Å². The van der Waals surface area contributed by atoms with Crippen molar-refractivity contribution in [1.29, 1.82) is 0 Å². The smallest absolute Gasteiger partial charge is 0.403 e. The van der Waals surface area contributed by atoms with Gasteiger partial charge >= 0.3 is 6.36 Å². The van der Waals surface area contributed by atoms with Crippen LogP contribution in [0.4, 0.5) is 28.9 Å². The van der Waals surface area contributed by atoms with Crippen molar-refractivity contribution in [2.24, 2.45) is 0 Å². The highest BCUT2D eigenvalue weighted by molar-refractivity contribution is 7.92. The number of nitrogens with zero attached hydrogens (tertiary/aromatic N) is 1. The van der Waals surface area contributed by atoms with Gasteiger partial charge in [0, 0.05) is 25.3 Å². The first-order valence-electron chi connectivity index (χ1n) is 7.32. The summed E-state index contributed by atoms with van der Waals surface area (Å²) in [5.41, 5.74) is 0.509. The van der Waals surface area contributed by atoms with Crippen LogP contribution >= 0.6 is 0 Å². The molecule has 6 nitrogen and oxygen atoms in total. The lowest BCUT2D eigenvalue weighted by Gasteiger charge is -2.16. The maximum Gasteiger partial charge on any atom is 0.573 e. The van der Waals surface area contributed by atoms with Crippen molar-refractivity contribution in [2.45, 2.75) is 18.2 Å². The molecule has 1 amide bonds. The zero-order valence-corrected chi connectivity index (χ0v) is 14.9. The molecule has 0 aliphatic rings. The van der Waals surface area contributed by atoms with E-state index in [0.29, 0.717) is 11.8 Å². The van der Waals surface area contributed by atoms with Gasteiger partial charge in [-0.1, -0.05) is 6.07 Å². The van der Waals surface area contributed by atoms with Crippen LogP contribution in [0.15, 0.2) is 47.4 Å². The normalized spacial score (nSPS) is 11.8. The number of carbonyl (C=O) groups is 1. The van der Waals surface area contributed by atoms with Gasteiger partial charge in [0.25, 0.3) is 10.0 Å². The molecular formula is C16H14F4N2O4S. The van der Waals surface area contributed by atoms with Gasteiger partial charge in [0.2, 0.25) is 5.91 Å². The molecule has 0 aliphatic heterocycles. The summed E-state index contributed by atoms with van der Waals surface area (Å²) in [6.07, 6.45) is -5.17. The average Bonchev–Trinajstić information content (AvgIpc) is 2.55. The van der Waals surface area contributed by atoms with E-state index in [1.165, 1.54) is 43.1 Å². The molecule has 0 saturated heterocycles. The molecule has 0 bridgehead atoms. The second-order valence-corrected chi connectivity index (χ2v) is 7.00. The van der Waals surface area contributed by atoms with Gasteiger partial charge in [0.15, 0.2) is 11.6 Å². The number of sulfonamides is 1. The standard InChI is InChI=1S/C16H14F4N2O4S/c1-10(23)22(2)12-8-6-11(7-9-12)21-27(24,25)14-5-3-4-13(15(14)17)26-16(18,19)20/h3-9,21H,1-2H3. The van der Waals surface area contributed by atoms with Crippen molar-refractivity contribution < 1.29 is 35.5 Å². The van der Waals surface area contributed by atoms with Crippen LogP contribution in [-0.4, -0.2) is 27.7 Å². The highest BCUT2D eigenvalue weighted by Gasteiger charge is 2.34. The Bertz CT molecular complexity index is 944. The first-order chi connectivity index (χ1) is 12.4. The number of rotatable bonds is 5. The number of carbonyl (C=O) groups excluding carboxylic acids is 1.